The number of hydrogen-bond donors (Lipinski definition) is 2. The summed E-state index contributed by atoms with van der Waals surface area (Å²) in [4.78, 5) is 0. The molecule has 2 saturated carbocycles. The van der Waals surface area contributed by atoms with Gasteiger partial charge in [-0.15, -0.1) is 0 Å². The van der Waals surface area contributed by atoms with Gasteiger partial charge in [0, 0.05) is 18.6 Å². The largest absolute Gasteiger partial charge is 0.377 e. The number of nitrogens with one attached hydrogen (secondary N) is 2. The van der Waals surface area contributed by atoms with E-state index in [0.29, 0.717) is 6.10 Å². The maximum atomic E-state index is 6.00. The number of rotatable bonds is 6. The van der Waals surface area contributed by atoms with E-state index in [4.69, 9.17) is 4.74 Å². The normalized spacial score (nSPS) is 35.1. The molecule has 2 aliphatic carbocycles. The van der Waals surface area contributed by atoms with Crippen molar-refractivity contribution in [2.45, 2.75) is 88.8 Å². The van der Waals surface area contributed by atoms with Gasteiger partial charge in [0.1, 0.15) is 0 Å². The van der Waals surface area contributed by atoms with Crippen molar-refractivity contribution in [2.24, 2.45) is 5.92 Å². The molecule has 3 aliphatic rings. The van der Waals surface area contributed by atoms with E-state index in [2.05, 4.69) is 10.6 Å². The van der Waals surface area contributed by atoms with Gasteiger partial charge >= 0.3 is 0 Å². The van der Waals surface area contributed by atoms with Gasteiger partial charge in [0.15, 0.2) is 0 Å². The van der Waals surface area contributed by atoms with Crippen LogP contribution in [0, 0.1) is 5.92 Å². The van der Waals surface area contributed by atoms with E-state index in [9.17, 15) is 0 Å². The second-order valence-electron chi connectivity index (χ2n) is 7.34. The highest BCUT2D eigenvalue weighted by atomic mass is 16.5. The topological polar surface area (TPSA) is 33.3 Å². The van der Waals surface area contributed by atoms with Gasteiger partial charge in [-0.25, -0.2) is 0 Å². The number of piperidine rings is 1. The molecule has 3 fully saturated rings. The van der Waals surface area contributed by atoms with E-state index in [0.717, 1.165) is 31.2 Å². The molecule has 1 saturated heterocycles. The summed E-state index contributed by atoms with van der Waals surface area (Å²) >= 11 is 0. The quantitative estimate of drug-likeness (QED) is 0.738. The molecule has 3 rings (SSSR count). The molecule has 3 atom stereocenters. The number of hydrogen-bond acceptors (Lipinski definition) is 3. The van der Waals surface area contributed by atoms with Crippen molar-refractivity contribution in [3.05, 3.63) is 0 Å². The van der Waals surface area contributed by atoms with Crippen molar-refractivity contribution < 1.29 is 4.74 Å². The SMILES string of the molecule is C1CCC(C2CCCCC2NCCOC2CCCC2)NC1. The Kier molecular flexibility index (Phi) is 6.38. The molecule has 0 amide bonds. The summed E-state index contributed by atoms with van der Waals surface area (Å²) in [5.41, 5.74) is 0. The maximum absolute atomic E-state index is 6.00. The van der Waals surface area contributed by atoms with E-state index < -0.39 is 0 Å². The van der Waals surface area contributed by atoms with Gasteiger partial charge in [-0.05, 0) is 51.0 Å². The molecule has 0 aromatic carbocycles. The first-order valence-electron chi connectivity index (χ1n) is 9.52. The minimum absolute atomic E-state index is 0.564. The van der Waals surface area contributed by atoms with E-state index in [1.165, 1.54) is 77.2 Å². The van der Waals surface area contributed by atoms with Crippen LogP contribution < -0.4 is 10.6 Å². The van der Waals surface area contributed by atoms with Crippen LogP contribution in [-0.2, 0) is 4.74 Å². The van der Waals surface area contributed by atoms with Crippen molar-refractivity contribution >= 4 is 0 Å². The average molecular weight is 294 g/mol. The second-order valence-corrected chi connectivity index (χ2v) is 7.34. The molecule has 1 heterocycles. The second kappa shape index (κ2) is 8.50. The van der Waals surface area contributed by atoms with Gasteiger partial charge in [-0.1, -0.05) is 32.1 Å². The van der Waals surface area contributed by atoms with Gasteiger partial charge < -0.3 is 15.4 Å². The van der Waals surface area contributed by atoms with Crippen LogP contribution in [0.15, 0.2) is 0 Å². The zero-order chi connectivity index (χ0) is 14.3. The molecule has 0 aromatic rings. The Morgan fingerprint density at radius 1 is 0.857 bits per heavy atom. The van der Waals surface area contributed by atoms with Gasteiger partial charge in [0.2, 0.25) is 0 Å². The highest BCUT2D eigenvalue weighted by molar-refractivity contribution is 4.90. The average Bonchev–Trinajstić information content (AvgIpc) is 3.06. The van der Waals surface area contributed by atoms with E-state index >= 15 is 0 Å². The van der Waals surface area contributed by atoms with Crippen molar-refractivity contribution in [3.8, 4) is 0 Å². The van der Waals surface area contributed by atoms with E-state index in [1.807, 2.05) is 0 Å². The highest BCUT2D eigenvalue weighted by Crippen LogP contribution is 2.30. The highest BCUT2D eigenvalue weighted by Gasteiger charge is 2.32. The van der Waals surface area contributed by atoms with Crippen LogP contribution in [-0.4, -0.2) is 37.9 Å². The summed E-state index contributed by atoms with van der Waals surface area (Å²) < 4.78 is 6.00. The molecular weight excluding hydrogens is 260 g/mol. The zero-order valence-corrected chi connectivity index (χ0v) is 13.6. The Morgan fingerprint density at radius 2 is 1.62 bits per heavy atom. The summed E-state index contributed by atoms with van der Waals surface area (Å²) in [6.07, 6.45) is 15.7. The van der Waals surface area contributed by atoms with Gasteiger partial charge in [-0.2, -0.15) is 0 Å². The van der Waals surface area contributed by atoms with E-state index in [1.54, 1.807) is 0 Å². The molecule has 3 heteroatoms. The fourth-order valence-electron chi connectivity index (χ4n) is 4.66. The molecule has 1 aliphatic heterocycles. The van der Waals surface area contributed by atoms with Crippen molar-refractivity contribution in [1.29, 1.82) is 0 Å². The molecule has 21 heavy (non-hydrogen) atoms. The summed E-state index contributed by atoms with van der Waals surface area (Å²) in [5.74, 6) is 0.852. The van der Waals surface area contributed by atoms with Crippen LogP contribution in [0.1, 0.15) is 70.6 Å². The summed E-state index contributed by atoms with van der Waals surface area (Å²) in [6, 6.07) is 1.49. The molecule has 122 valence electrons. The molecule has 3 nitrogen and oxygen atoms in total. The first-order chi connectivity index (χ1) is 10.4. The molecular formula is C18H34N2O. The van der Waals surface area contributed by atoms with Crippen LogP contribution in [0.5, 0.6) is 0 Å². The Morgan fingerprint density at radius 3 is 2.43 bits per heavy atom. The Hall–Kier alpha value is -0.120. The third-order valence-corrected chi connectivity index (χ3v) is 5.85. The monoisotopic (exact) mass is 294 g/mol. The fourth-order valence-corrected chi connectivity index (χ4v) is 4.66. The Labute approximate surface area is 130 Å². The summed E-state index contributed by atoms with van der Waals surface area (Å²) in [5, 5.41) is 7.61. The van der Waals surface area contributed by atoms with Crippen molar-refractivity contribution in [1.82, 2.24) is 10.6 Å². The number of ether oxygens (including phenoxy) is 1. The lowest BCUT2D eigenvalue weighted by atomic mass is 9.77. The lowest BCUT2D eigenvalue weighted by Gasteiger charge is -2.40. The van der Waals surface area contributed by atoms with E-state index in [-0.39, 0.29) is 0 Å². The first-order valence-corrected chi connectivity index (χ1v) is 9.52. The van der Waals surface area contributed by atoms with Crippen LogP contribution >= 0.6 is 0 Å². The molecule has 0 spiro atoms. The minimum atomic E-state index is 0.564. The smallest absolute Gasteiger partial charge is 0.0594 e. The van der Waals surface area contributed by atoms with Crippen LogP contribution in [0.4, 0.5) is 0 Å². The standard InChI is InChI=1S/C18H34N2O/c1-2-8-15(7-1)21-14-13-20-18-10-4-3-9-16(18)17-11-5-6-12-19-17/h15-20H,1-14H2. The molecule has 0 radical (unpaired) electrons. The van der Waals surface area contributed by atoms with Crippen molar-refractivity contribution in [3.63, 3.8) is 0 Å². The van der Waals surface area contributed by atoms with Crippen LogP contribution in [0.25, 0.3) is 0 Å². The lowest BCUT2D eigenvalue weighted by Crippen LogP contribution is -2.51. The van der Waals surface area contributed by atoms with Gasteiger partial charge in [0.05, 0.1) is 12.7 Å². The summed E-state index contributed by atoms with van der Waals surface area (Å²) in [6.45, 7) is 3.19. The predicted molar refractivity (Wildman–Crippen MR) is 87.6 cm³/mol. The molecule has 0 aromatic heterocycles. The third kappa shape index (κ3) is 4.67. The molecule has 0 bridgehead atoms. The van der Waals surface area contributed by atoms with Crippen LogP contribution in [0.2, 0.25) is 0 Å². The fraction of sp³-hybridized carbons (Fsp3) is 1.00. The minimum Gasteiger partial charge on any atom is -0.377 e. The summed E-state index contributed by atoms with van der Waals surface area (Å²) in [7, 11) is 0. The maximum Gasteiger partial charge on any atom is 0.0594 e. The van der Waals surface area contributed by atoms with Crippen LogP contribution in [0.3, 0.4) is 0 Å². The Balaban J connectivity index is 1.38. The third-order valence-electron chi connectivity index (χ3n) is 5.85. The van der Waals surface area contributed by atoms with Crippen molar-refractivity contribution in [2.75, 3.05) is 19.7 Å². The van der Waals surface area contributed by atoms with Gasteiger partial charge in [-0.3, -0.25) is 0 Å². The first kappa shape index (κ1) is 15.8. The molecule has 3 unspecified atom stereocenters. The predicted octanol–water partition coefficient (Wildman–Crippen LogP) is 3.24. The lowest BCUT2D eigenvalue weighted by molar-refractivity contribution is 0.0557. The van der Waals surface area contributed by atoms with Gasteiger partial charge in [0.25, 0.3) is 0 Å². The Bertz CT molecular complexity index is 285. The molecule has 2 N–H and O–H groups in total. The zero-order valence-electron chi connectivity index (χ0n) is 13.6.